The van der Waals surface area contributed by atoms with Crippen LogP contribution in [-0.4, -0.2) is 12.6 Å². The summed E-state index contributed by atoms with van der Waals surface area (Å²) in [4.78, 5) is 0. The number of rotatable bonds is 5. The van der Waals surface area contributed by atoms with Gasteiger partial charge in [0.05, 0.1) is 5.56 Å². The highest BCUT2D eigenvalue weighted by Crippen LogP contribution is 2.30. The first-order valence-corrected chi connectivity index (χ1v) is 6.97. The molecule has 0 heterocycles. The van der Waals surface area contributed by atoms with E-state index < -0.39 is 11.7 Å². The van der Waals surface area contributed by atoms with Crippen molar-refractivity contribution in [2.24, 2.45) is 5.92 Å². The Morgan fingerprint density at radius 2 is 2.05 bits per heavy atom. The maximum Gasteiger partial charge on any atom is 0.416 e. The van der Waals surface area contributed by atoms with Crippen molar-refractivity contribution in [1.82, 2.24) is 5.32 Å². The van der Waals surface area contributed by atoms with Gasteiger partial charge in [0.1, 0.15) is 0 Å². The molecule has 1 saturated carbocycles. The molecule has 1 aromatic carbocycles. The minimum Gasteiger partial charge on any atom is -0.310 e. The number of benzene rings is 1. The van der Waals surface area contributed by atoms with E-state index in [4.69, 9.17) is 0 Å². The van der Waals surface area contributed by atoms with E-state index in [1.54, 1.807) is 6.07 Å². The Balaban J connectivity index is 2.16. The van der Waals surface area contributed by atoms with E-state index in [2.05, 4.69) is 19.2 Å². The van der Waals surface area contributed by atoms with Crippen LogP contribution in [0.2, 0.25) is 0 Å². The highest BCUT2D eigenvalue weighted by atomic mass is 19.4. The van der Waals surface area contributed by atoms with Crippen LogP contribution in [0.15, 0.2) is 29.8 Å². The predicted octanol–water partition coefficient (Wildman–Crippen LogP) is 4.50. The van der Waals surface area contributed by atoms with Gasteiger partial charge in [0.15, 0.2) is 0 Å². The summed E-state index contributed by atoms with van der Waals surface area (Å²) in [6.07, 6.45) is -0.00669. The fourth-order valence-electron chi connectivity index (χ4n) is 1.99. The molecule has 2 rings (SSSR count). The number of alkyl halides is 3. The molecule has 0 unspecified atom stereocenters. The second-order valence-electron chi connectivity index (χ2n) is 5.65. The summed E-state index contributed by atoms with van der Waals surface area (Å²) in [5.41, 5.74) is 1.15. The molecule has 1 nitrogen and oxygen atoms in total. The van der Waals surface area contributed by atoms with Gasteiger partial charge in [-0.15, -0.1) is 0 Å². The molecule has 0 atom stereocenters. The second-order valence-corrected chi connectivity index (χ2v) is 5.65. The molecule has 0 amide bonds. The Morgan fingerprint density at radius 1 is 1.35 bits per heavy atom. The molecule has 1 aliphatic rings. The van der Waals surface area contributed by atoms with E-state index in [0.717, 1.165) is 18.2 Å². The maximum atomic E-state index is 12.7. The SMILES string of the molecule is CC(C)C(=Cc1cccc(C(F)(F)F)c1)CNC1CC1. The van der Waals surface area contributed by atoms with Crippen LogP contribution in [0, 0.1) is 5.92 Å². The second kappa shape index (κ2) is 6.00. The van der Waals surface area contributed by atoms with Crippen molar-refractivity contribution in [1.29, 1.82) is 0 Å². The van der Waals surface area contributed by atoms with E-state index in [9.17, 15) is 13.2 Å². The van der Waals surface area contributed by atoms with Crippen LogP contribution in [0.4, 0.5) is 13.2 Å². The van der Waals surface area contributed by atoms with E-state index in [1.165, 1.54) is 25.0 Å². The molecule has 4 heteroatoms. The first-order chi connectivity index (χ1) is 9.36. The molecule has 0 aliphatic heterocycles. The minimum atomic E-state index is -4.28. The van der Waals surface area contributed by atoms with Crippen LogP contribution in [0.25, 0.3) is 6.08 Å². The molecule has 0 radical (unpaired) electrons. The first-order valence-electron chi connectivity index (χ1n) is 6.97. The quantitative estimate of drug-likeness (QED) is 0.839. The lowest BCUT2D eigenvalue weighted by Crippen LogP contribution is -2.21. The van der Waals surface area contributed by atoms with Gasteiger partial charge in [-0.3, -0.25) is 0 Å². The molecule has 110 valence electrons. The predicted molar refractivity (Wildman–Crippen MR) is 75.3 cm³/mol. The zero-order chi connectivity index (χ0) is 14.8. The average Bonchev–Trinajstić information content (AvgIpc) is 3.17. The molecule has 1 fully saturated rings. The zero-order valence-electron chi connectivity index (χ0n) is 11.8. The van der Waals surface area contributed by atoms with Crippen LogP contribution in [-0.2, 0) is 6.18 Å². The van der Waals surface area contributed by atoms with Crippen LogP contribution < -0.4 is 5.32 Å². The summed E-state index contributed by atoms with van der Waals surface area (Å²) < 4.78 is 38.1. The molecule has 0 aromatic heterocycles. The zero-order valence-corrected chi connectivity index (χ0v) is 11.8. The van der Waals surface area contributed by atoms with Crippen molar-refractivity contribution in [3.8, 4) is 0 Å². The van der Waals surface area contributed by atoms with Crippen LogP contribution >= 0.6 is 0 Å². The van der Waals surface area contributed by atoms with Crippen LogP contribution in [0.1, 0.15) is 37.8 Å². The van der Waals surface area contributed by atoms with Gasteiger partial charge in [0.25, 0.3) is 0 Å². The fourth-order valence-corrected chi connectivity index (χ4v) is 1.99. The van der Waals surface area contributed by atoms with Crippen LogP contribution in [0.5, 0.6) is 0 Å². The molecular formula is C16H20F3N. The van der Waals surface area contributed by atoms with E-state index in [0.29, 0.717) is 17.5 Å². The van der Waals surface area contributed by atoms with Crippen LogP contribution in [0.3, 0.4) is 0 Å². The Hall–Kier alpha value is -1.29. The van der Waals surface area contributed by atoms with Gasteiger partial charge in [-0.1, -0.05) is 37.6 Å². The lowest BCUT2D eigenvalue weighted by Gasteiger charge is -2.13. The normalized spacial score (nSPS) is 16.8. The highest BCUT2D eigenvalue weighted by Gasteiger charge is 2.30. The standard InChI is InChI=1S/C16H20F3N/c1-11(2)13(10-20-15-6-7-15)8-12-4-3-5-14(9-12)16(17,18)19/h3-5,8-9,11,15,20H,6-7,10H2,1-2H3. The van der Waals surface area contributed by atoms with Crippen molar-refractivity contribution in [2.75, 3.05) is 6.54 Å². The highest BCUT2D eigenvalue weighted by molar-refractivity contribution is 5.55. The van der Waals surface area contributed by atoms with Gasteiger partial charge in [0, 0.05) is 12.6 Å². The van der Waals surface area contributed by atoms with Gasteiger partial charge < -0.3 is 5.32 Å². The summed E-state index contributed by atoms with van der Waals surface area (Å²) in [5, 5.41) is 3.41. The largest absolute Gasteiger partial charge is 0.416 e. The van der Waals surface area contributed by atoms with E-state index in [-0.39, 0.29) is 0 Å². The third kappa shape index (κ3) is 4.37. The van der Waals surface area contributed by atoms with E-state index in [1.807, 2.05) is 6.08 Å². The lowest BCUT2D eigenvalue weighted by atomic mass is 9.99. The summed E-state index contributed by atoms with van der Waals surface area (Å²) in [6, 6.07) is 6.09. The van der Waals surface area contributed by atoms with Gasteiger partial charge in [-0.05, 0) is 36.5 Å². The average molecular weight is 283 g/mol. The lowest BCUT2D eigenvalue weighted by molar-refractivity contribution is -0.137. The third-order valence-electron chi connectivity index (χ3n) is 3.48. The molecule has 1 N–H and O–H groups in total. The summed E-state index contributed by atoms with van der Waals surface area (Å²) in [6.45, 7) is 4.88. The molecule has 1 aliphatic carbocycles. The molecule has 0 bridgehead atoms. The molecule has 0 spiro atoms. The molecule has 0 saturated heterocycles. The third-order valence-corrected chi connectivity index (χ3v) is 3.48. The number of nitrogens with one attached hydrogen (secondary N) is 1. The van der Waals surface area contributed by atoms with Crippen molar-refractivity contribution >= 4 is 6.08 Å². The molecular weight excluding hydrogens is 263 g/mol. The van der Waals surface area contributed by atoms with Gasteiger partial charge in [-0.2, -0.15) is 13.2 Å². The van der Waals surface area contributed by atoms with Gasteiger partial charge in [-0.25, -0.2) is 0 Å². The van der Waals surface area contributed by atoms with E-state index >= 15 is 0 Å². The fraction of sp³-hybridized carbons (Fsp3) is 0.500. The minimum absolute atomic E-state index is 0.316. The Morgan fingerprint density at radius 3 is 2.60 bits per heavy atom. The first kappa shape index (κ1) is 15.1. The number of halogens is 3. The maximum absolute atomic E-state index is 12.7. The Labute approximate surface area is 117 Å². The smallest absolute Gasteiger partial charge is 0.310 e. The Kier molecular flexibility index (Phi) is 4.53. The van der Waals surface area contributed by atoms with Gasteiger partial charge >= 0.3 is 6.18 Å². The summed E-state index contributed by atoms with van der Waals surface area (Å²) in [7, 11) is 0. The Bertz CT molecular complexity index is 485. The molecule has 20 heavy (non-hydrogen) atoms. The monoisotopic (exact) mass is 283 g/mol. The summed E-state index contributed by atoms with van der Waals surface area (Å²) >= 11 is 0. The van der Waals surface area contributed by atoms with Crippen molar-refractivity contribution in [3.63, 3.8) is 0 Å². The van der Waals surface area contributed by atoms with Crippen molar-refractivity contribution < 1.29 is 13.2 Å². The number of hydrogen-bond acceptors (Lipinski definition) is 1. The summed E-state index contributed by atoms with van der Waals surface area (Å²) in [5.74, 6) is 0.316. The topological polar surface area (TPSA) is 12.0 Å². The number of hydrogen-bond donors (Lipinski definition) is 1. The molecule has 1 aromatic rings. The van der Waals surface area contributed by atoms with Gasteiger partial charge in [0.2, 0.25) is 0 Å². The van der Waals surface area contributed by atoms with Crippen molar-refractivity contribution in [2.45, 2.75) is 38.9 Å². The van der Waals surface area contributed by atoms with Crippen molar-refractivity contribution in [3.05, 3.63) is 41.0 Å².